The molecule has 0 radical (unpaired) electrons. The monoisotopic (exact) mass is 351 g/mol. The number of carbonyl (C=O) groups excluding carboxylic acids is 3. The Balaban J connectivity index is 2.02. The summed E-state index contributed by atoms with van der Waals surface area (Å²) >= 11 is 1.56. The fraction of sp³-hybridized carbons (Fsp3) is 0.588. The van der Waals surface area contributed by atoms with E-state index in [4.69, 9.17) is 0 Å². The van der Waals surface area contributed by atoms with Crippen molar-refractivity contribution in [2.75, 3.05) is 6.54 Å². The lowest BCUT2D eigenvalue weighted by Gasteiger charge is -2.25. The highest BCUT2D eigenvalue weighted by Gasteiger charge is 2.50. The van der Waals surface area contributed by atoms with Crippen molar-refractivity contribution in [1.29, 1.82) is 0 Å². The summed E-state index contributed by atoms with van der Waals surface area (Å²) in [5.41, 5.74) is -0.847. The van der Waals surface area contributed by atoms with Gasteiger partial charge in [0, 0.05) is 4.88 Å². The zero-order valence-electron chi connectivity index (χ0n) is 14.4. The lowest BCUT2D eigenvalue weighted by Crippen LogP contribution is -2.47. The van der Waals surface area contributed by atoms with E-state index in [-0.39, 0.29) is 24.4 Å². The standard InChI is InChI=1S/C17H25N3O3S/c1-4-8-17(9-5-2)15(22)20(16(23)19-17)11-14(21)18-12(3)13-7-6-10-24-13/h6-7,10,12H,4-5,8-9,11H2,1-3H3,(H,18,21)(H,19,23). The zero-order valence-corrected chi connectivity index (χ0v) is 15.2. The van der Waals surface area contributed by atoms with Crippen molar-refractivity contribution in [2.24, 2.45) is 0 Å². The second-order valence-electron chi connectivity index (χ2n) is 6.21. The van der Waals surface area contributed by atoms with Crippen LogP contribution < -0.4 is 10.6 Å². The predicted octanol–water partition coefficient (Wildman–Crippen LogP) is 2.82. The topological polar surface area (TPSA) is 78.5 Å². The lowest BCUT2D eigenvalue weighted by atomic mass is 9.88. The number of urea groups is 1. The van der Waals surface area contributed by atoms with Crippen LogP contribution in [0.5, 0.6) is 0 Å². The van der Waals surface area contributed by atoms with E-state index in [0.717, 1.165) is 22.6 Å². The molecule has 7 heteroatoms. The van der Waals surface area contributed by atoms with Crippen LogP contribution in [0.1, 0.15) is 57.4 Å². The molecule has 2 heterocycles. The lowest BCUT2D eigenvalue weighted by molar-refractivity contribution is -0.135. The Labute approximate surface area is 146 Å². The predicted molar refractivity (Wildman–Crippen MR) is 93.7 cm³/mol. The molecule has 0 saturated carbocycles. The number of hydrogen-bond acceptors (Lipinski definition) is 4. The summed E-state index contributed by atoms with van der Waals surface area (Å²) in [6.07, 6.45) is 2.77. The fourth-order valence-electron chi connectivity index (χ4n) is 3.18. The molecule has 2 N–H and O–H groups in total. The third-order valence-corrected chi connectivity index (χ3v) is 5.30. The van der Waals surface area contributed by atoms with Gasteiger partial charge in [-0.3, -0.25) is 14.5 Å². The first-order valence-corrected chi connectivity index (χ1v) is 9.28. The number of hydrogen-bond donors (Lipinski definition) is 2. The van der Waals surface area contributed by atoms with Crippen molar-refractivity contribution in [3.8, 4) is 0 Å². The molecule has 1 saturated heterocycles. The van der Waals surface area contributed by atoms with Crippen molar-refractivity contribution < 1.29 is 14.4 Å². The van der Waals surface area contributed by atoms with Gasteiger partial charge in [-0.1, -0.05) is 32.8 Å². The van der Waals surface area contributed by atoms with E-state index in [1.807, 2.05) is 38.3 Å². The van der Waals surface area contributed by atoms with Crippen LogP contribution in [0.2, 0.25) is 0 Å². The summed E-state index contributed by atoms with van der Waals surface area (Å²) in [5, 5.41) is 7.60. The molecule has 0 spiro atoms. The minimum atomic E-state index is -0.847. The highest BCUT2D eigenvalue weighted by atomic mass is 32.1. The molecule has 24 heavy (non-hydrogen) atoms. The van der Waals surface area contributed by atoms with Crippen LogP contribution >= 0.6 is 11.3 Å². The normalized spacial score (nSPS) is 17.7. The van der Waals surface area contributed by atoms with Gasteiger partial charge in [0.05, 0.1) is 6.04 Å². The average Bonchev–Trinajstić information content (AvgIpc) is 3.12. The van der Waals surface area contributed by atoms with Crippen molar-refractivity contribution in [3.63, 3.8) is 0 Å². The summed E-state index contributed by atoms with van der Waals surface area (Å²) in [5.74, 6) is -0.613. The molecule has 1 atom stereocenters. The molecule has 1 fully saturated rings. The van der Waals surface area contributed by atoms with Gasteiger partial charge in [-0.05, 0) is 31.2 Å². The van der Waals surface area contributed by atoms with E-state index in [1.165, 1.54) is 0 Å². The third kappa shape index (κ3) is 3.77. The van der Waals surface area contributed by atoms with Gasteiger partial charge >= 0.3 is 6.03 Å². The highest BCUT2D eigenvalue weighted by molar-refractivity contribution is 7.10. The van der Waals surface area contributed by atoms with E-state index in [0.29, 0.717) is 12.8 Å². The third-order valence-electron chi connectivity index (χ3n) is 4.25. The first kappa shape index (κ1) is 18.4. The van der Waals surface area contributed by atoms with Gasteiger partial charge in [-0.15, -0.1) is 11.3 Å². The molecule has 0 aromatic carbocycles. The van der Waals surface area contributed by atoms with Crippen LogP contribution in [0.4, 0.5) is 4.79 Å². The molecular weight excluding hydrogens is 326 g/mol. The number of imide groups is 1. The fourth-order valence-corrected chi connectivity index (χ4v) is 3.91. The van der Waals surface area contributed by atoms with Gasteiger partial charge in [0.2, 0.25) is 5.91 Å². The summed E-state index contributed by atoms with van der Waals surface area (Å²) in [6, 6.07) is 3.25. The molecule has 1 aliphatic rings. The summed E-state index contributed by atoms with van der Waals surface area (Å²) < 4.78 is 0. The van der Waals surface area contributed by atoms with Gasteiger partial charge in [-0.2, -0.15) is 0 Å². The summed E-state index contributed by atoms with van der Waals surface area (Å²) in [4.78, 5) is 39.3. The molecule has 4 amide bonds. The number of nitrogens with one attached hydrogen (secondary N) is 2. The molecule has 2 rings (SSSR count). The van der Waals surface area contributed by atoms with E-state index in [2.05, 4.69) is 10.6 Å². The Hall–Kier alpha value is -1.89. The van der Waals surface area contributed by atoms with E-state index in [1.54, 1.807) is 11.3 Å². The number of rotatable bonds is 8. The van der Waals surface area contributed by atoms with Gasteiger partial charge < -0.3 is 10.6 Å². The van der Waals surface area contributed by atoms with E-state index >= 15 is 0 Å². The molecule has 0 aliphatic carbocycles. The second kappa shape index (κ2) is 7.79. The number of carbonyl (C=O) groups is 3. The maximum atomic E-state index is 12.7. The van der Waals surface area contributed by atoms with Crippen molar-refractivity contribution in [2.45, 2.75) is 58.0 Å². The summed E-state index contributed by atoms with van der Waals surface area (Å²) in [6.45, 7) is 5.60. The quantitative estimate of drug-likeness (QED) is 0.707. The number of nitrogens with zero attached hydrogens (tertiary/aromatic N) is 1. The van der Waals surface area contributed by atoms with Crippen molar-refractivity contribution >= 4 is 29.2 Å². The van der Waals surface area contributed by atoms with Crippen LogP contribution in [0, 0.1) is 0 Å². The molecule has 6 nitrogen and oxygen atoms in total. The highest BCUT2D eigenvalue weighted by Crippen LogP contribution is 2.28. The minimum Gasteiger partial charge on any atom is -0.347 e. The smallest absolute Gasteiger partial charge is 0.325 e. The Morgan fingerprint density at radius 1 is 1.33 bits per heavy atom. The molecule has 132 valence electrons. The SMILES string of the molecule is CCCC1(CCC)NC(=O)N(CC(=O)NC(C)c2cccs2)C1=O. The van der Waals surface area contributed by atoms with Gasteiger partial charge in [0.1, 0.15) is 12.1 Å². The van der Waals surface area contributed by atoms with Crippen molar-refractivity contribution in [3.05, 3.63) is 22.4 Å². The van der Waals surface area contributed by atoms with Crippen LogP contribution in [-0.4, -0.2) is 34.8 Å². The zero-order chi connectivity index (χ0) is 17.7. The maximum absolute atomic E-state index is 12.7. The Bertz CT molecular complexity index is 594. The number of thiophene rings is 1. The molecule has 1 unspecified atom stereocenters. The van der Waals surface area contributed by atoms with Crippen LogP contribution in [0.3, 0.4) is 0 Å². The molecule has 1 aromatic heterocycles. The molecule has 1 aromatic rings. The van der Waals surface area contributed by atoms with Gasteiger partial charge in [0.15, 0.2) is 0 Å². The first-order chi connectivity index (χ1) is 11.4. The van der Waals surface area contributed by atoms with Crippen LogP contribution in [0.15, 0.2) is 17.5 Å². The molecular formula is C17H25N3O3S. The average molecular weight is 351 g/mol. The van der Waals surface area contributed by atoms with Crippen LogP contribution in [0.25, 0.3) is 0 Å². The van der Waals surface area contributed by atoms with Crippen LogP contribution in [-0.2, 0) is 9.59 Å². The van der Waals surface area contributed by atoms with E-state index < -0.39 is 11.6 Å². The molecule has 1 aliphatic heterocycles. The Morgan fingerprint density at radius 3 is 2.54 bits per heavy atom. The van der Waals surface area contributed by atoms with Gasteiger partial charge in [-0.25, -0.2) is 4.79 Å². The Morgan fingerprint density at radius 2 is 2.00 bits per heavy atom. The first-order valence-electron chi connectivity index (χ1n) is 8.40. The Kier molecular flexibility index (Phi) is 5.99. The largest absolute Gasteiger partial charge is 0.347 e. The second-order valence-corrected chi connectivity index (χ2v) is 7.19. The van der Waals surface area contributed by atoms with Crippen molar-refractivity contribution in [1.82, 2.24) is 15.5 Å². The van der Waals surface area contributed by atoms with E-state index in [9.17, 15) is 14.4 Å². The number of amides is 4. The summed E-state index contributed by atoms with van der Waals surface area (Å²) in [7, 11) is 0. The minimum absolute atomic E-state index is 0.144. The molecule has 0 bridgehead atoms. The van der Waals surface area contributed by atoms with Gasteiger partial charge in [0.25, 0.3) is 5.91 Å². The maximum Gasteiger partial charge on any atom is 0.325 e.